The van der Waals surface area contributed by atoms with E-state index < -0.39 is 0 Å². The molecule has 1 aromatic rings. The first-order chi connectivity index (χ1) is 11.2. The number of ether oxygens (including phenoxy) is 1. The fraction of sp³-hybridized carbons (Fsp3) is 0.600. The number of allylic oxidation sites excluding steroid dienone is 1. The first kappa shape index (κ1) is 20.1. The number of benzene rings is 1. The van der Waals surface area contributed by atoms with Crippen molar-refractivity contribution in [3.05, 3.63) is 47.1 Å². The van der Waals surface area contributed by atoms with Crippen molar-refractivity contribution in [2.45, 2.75) is 64.4 Å². The number of hydrogen-bond donors (Lipinski definition) is 1. The summed E-state index contributed by atoms with van der Waals surface area (Å²) in [6.45, 7) is 9.01. The summed E-state index contributed by atoms with van der Waals surface area (Å²) in [5.74, 6) is 0.479. The van der Waals surface area contributed by atoms with Crippen LogP contribution in [0, 0.1) is 0 Å². The van der Waals surface area contributed by atoms with E-state index in [1.807, 2.05) is 33.0 Å². The minimum absolute atomic E-state index is 0.441. The Kier molecular flexibility index (Phi) is 10.1. The molecule has 0 amide bonds. The minimum Gasteiger partial charge on any atom is -0.392 e. The highest BCUT2D eigenvalue weighted by molar-refractivity contribution is 6.30. The molecule has 0 saturated carbocycles. The zero-order valence-electron chi connectivity index (χ0n) is 14.9. The molecule has 3 heteroatoms. The maximum atomic E-state index is 6.00. The summed E-state index contributed by atoms with van der Waals surface area (Å²) >= 11 is 6.00. The van der Waals surface area contributed by atoms with Gasteiger partial charge in [-0.3, -0.25) is 0 Å². The maximum Gasteiger partial charge on any atom is 0.0575 e. The van der Waals surface area contributed by atoms with Crippen molar-refractivity contribution in [2.75, 3.05) is 13.7 Å². The van der Waals surface area contributed by atoms with E-state index in [1.54, 1.807) is 0 Å². The lowest BCUT2D eigenvalue weighted by Gasteiger charge is -2.25. The fourth-order valence-corrected chi connectivity index (χ4v) is 3.07. The second kappa shape index (κ2) is 11.5. The minimum atomic E-state index is 0.441. The number of nitrogens with one attached hydrogen (secondary N) is 1. The van der Waals surface area contributed by atoms with Gasteiger partial charge in [0.05, 0.1) is 6.10 Å². The van der Waals surface area contributed by atoms with Crippen molar-refractivity contribution in [3.8, 4) is 0 Å². The molecular formula is C20H32ClNO. The van der Waals surface area contributed by atoms with E-state index in [4.69, 9.17) is 16.3 Å². The van der Waals surface area contributed by atoms with Crippen LogP contribution in [-0.2, 0) is 4.74 Å². The lowest BCUT2D eigenvalue weighted by molar-refractivity contribution is 0.00903. The van der Waals surface area contributed by atoms with Gasteiger partial charge in [-0.2, -0.15) is 0 Å². The molecule has 1 N–H and O–H groups in total. The Morgan fingerprint density at radius 1 is 1.30 bits per heavy atom. The van der Waals surface area contributed by atoms with Gasteiger partial charge in [0, 0.05) is 24.4 Å². The van der Waals surface area contributed by atoms with Crippen LogP contribution in [0.5, 0.6) is 0 Å². The van der Waals surface area contributed by atoms with Crippen LogP contribution in [0.25, 0.3) is 0 Å². The van der Waals surface area contributed by atoms with Gasteiger partial charge in [0.15, 0.2) is 0 Å². The van der Waals surface area contributed by atoms with Gasteiger partial charge in [-0.05, 0) is 62.1 Å². The van der Waals surface area contributed by atoms with Crippen LogP contribution in [0.1, 0.15) is 63.9 Å². The molecule has 0 aliphatic carbocycles. The third kappa shape index (κ3) is 7.41. The van der Waals surface area contributed by atoms with Crippen LogP contribution < -0.4 is 5.32 Å². The van der Waals surface area contributed by atoms with Crippen LogP contribution in [0.4, 0.5) is 0 Å². The Morgan fingerprint density at radius 2 is 2.00 bits per heavy atom. The second-order valence-corrected chi connectivity index (χ2v) is 6.31. The molecule has 1 aliphatic rings. The Balaban J connectivity index is 0.00000127. The van der Waals surface area contributed by atoms with Crippen LogP contribution >= 0.6 is 11.6 Å². The van der Waals surface area contributed by atoms with Crippen molar-refractivity contribution < 1.29 is 4.74 Å². The van der Waals surface area contributed by atoms with Crippen LogP contribution in [0.3, 0.4) is 0 Å². The normalized spacial score (nSPS) is 18.5. The molecule has 1 fully saturated rings. The topological polar surface area (TPSA) is 21.3 Å². The number of rotatable bonds is 7. The van der Waals surface area contributed by atoms with E-state index in [1.165, 1.54) is 24.8 Å². The Morgan fingerprint density at radius 3 is 2.57 bits per heavy atom. The van der Waals surface area contributed by atoms with E-state index in [2.05, 4.69) is 24.0 Å². The van der Waals surface area contributed by atoms with Crippen LogP contribution in [0.15, 0.2) is 36.5 Å². The standard InChI is InChI=1S/C18H26ClNO.C2H6/c1-14(20-2)13-16(15-6-9-17(19)10-7-15)8-11-18-5-3-4-12-21-18;1-2/h6-7,9-10,16,18,20H,1,3-5,8,11-13H2,2H3;1-2H3. The smallest absolute Gasteiger partial charge is 0.0575 e. The molecule has 1 heterocycles. The molecule has 2 atom stereocenters. The molecule has 2 unspecified atom stereocenters. The van der Waals surface area contributed by atoms with Gasteiger partial charge < -0.3 is 10.1 Å². The zero-order chi connectivity index (χ0) is 17.1. The lowest BCUT2D eigenvalue weighted by Crippen LogP contribution is -2.20. The van der Waals surface area contributed by atoms with E-state index in [0.29, 0.717) is 12.0 Å². The van der Waals surface area contributed by atoms with Crippen LogP contribution in [-0.4, -0.2) is 19.8 Å². The monoisotopic (exact) mass is 337 g/mol. The van der Waals surface area contributed by atoms with Crippen molar-refractivity contribution in [2.24, 2.45) is 0 Å². The quantitative estimate of drug-likeness (QED) is 0.666. The van der Waals surface area contributed by atoms with Crippen molar-refractivity contribution in [1.82, 2.24) is 5.32 Å². The molecule has 0 bridgehead atoms. The van der Waals surface area contributed by atoms with Gasteiger partial charge >= 0.3 is 0 Å². The van der Waals surface area contributed by atoms with Crippen molar-refractivity contribution in [1.29, 1.82) is 0 Å². The highest BCUT2D eigenvalue weighted by Gasteiger charge is 2.18. The molecule has 2 nitrogen and oxygen atoms in total. The predicted molar refractivity (Wildman–Crippen MR) is 101 cm³/mol. The molecule has 1 aliphatic heterocycles. The Hall–Kier alpha value is -0.990. The van der Waals surface area contributed by atoms with E-state index in [-0.39, 0.29) is 0 Å². The van der Waals surface area contributed by atoms with Gasteiger partial charge in [-0.15, -0.1) is 0 Å². The molecule has 0 spiro atoms. The van der Waals surface area contributed by atoms with Gasteiger partial charge in [-0.25, -0.2) is 0 Å². The van der Waals surface area contributed by atoms with E-state index in [9.17, 15) is 0 Å². The molecule has 2 rings (SSSR count). The summed E-state index contributed by atoms with van der Waals surface area (Å²) in [4.78, 5) is 0. The van der Waals surface area contributed by atoms with Crippen molar-refractivity contribution in [3.63, 3.8) is 0 Å². The first-order valence-electron chi connectivity index (χ1n) is 8.91. The number of halogens is 1. The van der Waals surface area contributed by atoms with Gasteiger partial charge in [0.25, 0.3) is 0 Å². The zero-order valence-corrected chi connectivity index (χ0v) is 15.7. The predicted octanol–water partition coefficient (Wildman–Crippen LogP) is 5.92. The molecule has 23 heavy (non-hydrogen) atoms. The molecule has 130 valence electrons. The highest BCUT2D eigenvalue weighted by Crippen LogP contribution is 2.30. The average molecular weight is 338 g/mol. The largest absolute Gasteiger partial charge is 0.392 e. The van der Waals surface area contributed by atoms with Crippen LogP contribution in [0.2, 0.25) is 5.02 Å². The summed E-state index contributed by atoms with van der Waals surface area (Å²) in [6.07, 6.45) is 7.40. The molecular weight excluding hydrogens is 306 g/mol. The fourth-order valence-electron chi connectivity index (χ4n) is 2.94. The van der Waals surface area contributed by atoms with E-state index in [0.717, 1.165) is 36.6 Å². The third-order valence-corrected chi connectivity index (χ3v) is 4.55. The molecule has 1 saturated heterocycles. The van der Waals surface area contributed by atoms with Crippen molar-refractivity contribution >= 4 is 11.6 Å². The molecule has 0 aromatic heterocycles. The summed E-state index contributed by atoms with van der Waals surface area (Å²) in [7, 11) is 1.94. The Labute approximate surface area is 147 Å². The number of hydrogen-bond acceptors (Lipinski definition) is 2. The summed E-state index contributed by atoms with van der Waals surface area (Å²) in [6, 6.07) is 8.22. The second-order valence-electron chi connectivity index (χ2n) is 5.87. The third-order valence-electron chi connectivity index (χ3n) is 4.30. The van der Waals surface area contributed by atoms with Gasteiger partial charge in [0.2, 0.25) is 0 Å². The summed E-state index contributed by atoms with van der Waals surface area (Å²) < 4.78 is 5.86. The van der Waals surface area contributed by atoms with E-state index >= 15 is 0 Å². The van der Waals surface area contributed by atoms with Gasteiger partial charge in [-0.1, -0.05) is 44.2 Å². The highest BCUT2D eigenvalue weighted by atomic mass is 35.5. The first-order valence-corrected chi connectivity index (χ1v) is 9.29. The SMILES string of the molecule is C=C(CC(CCC1CCCCO1)c1ccc(Cl)cc1)NC.CC. The Bertz CT molecular complexity index is 437. The lowest BCUT2D eigenvalue weighted by atomic mass is 9.88. The molecule has 1 aromatic carbocycles. The average Bonchev–Trinajstić information content (AvgIpc) is 2.61. The summed E-state index contributed by atoms with van der Waals surface area (Å²) in [5, 5.41) is 3.95. The molecule has 0 radical (unpaired) electrons. The van der Waals surface area contributed by atoms with Gasteiger partial charge in [0.1, 0.15) is 0 Å². The maximum absolute atomic E-state index is 6.00. The summed E-state index contributed by atoms with van der Waals surface area (Å²) in [5.41, 5.74) is 2.42.